The lowest BCUT2D eigenvalue weighted by Crippen LogP contribution is -2.52. The summed E-state index contributed by atoms with van der Waals surface area (Å²) in [7, 11) is 0. The molecule has 3 unspecified atom stereocenters. The van der Waals surface area contributed by atoms with E-state index in [-0.39, 0.29) is 6.04 Å². The summed E-state index contributed by atoms with van der Waals surface area (Å²) in [4.78, 5) is 17.0. The van der Waals surface area contributed by atoms with Crippen LogP contribution in [0.2, 0.25) is 0 Å². The maximum Gasteiger partial charge on any atom is 0.237 e. The minimum atomic E-state index is 0.287. The zero-order valence-corrected chi connectivity index (χ0v) is 13.3. The van der Waals surface area contributed by atoms with Gasteiger partial charge >= 0.3 is 0 Å². The summed E-state index contributed by atoms with van der Waals surface area (Å²) in [6, 6.07) is 1.11. The first kappa shape index (κ1) is 15.8. The van der Waals surface area contributed by atoms with Crippen molar-refractivity contribution in [3.05, 3.63) is 0 Å². The van der Waals surface area contributed by atoms with Crippen LogP contribution in [0.15, 0.2) is 0 Å². The lowest BCUT2D eigenvalue weighted by Gasteiger charge is -2.41. The SMILES string of the molecule is CC(N)C1CCN(CC(=O)N2C(C)CCCC2C)CC1. The summed E-state index contributed by atoms with van der Waals surface area (Å²) in [5, 5.41) is 0. The molecule has 2 saturated heterocycles. The number of piperidine rings is 2. The number of likely N-dealkylation sites (tertiary alicyclic amines) is 2. The molecule has 1 amide bonds. The van der Waals surface area contributed by atoms with Crippen molar-refractivity contribution in [3.63, 3.8) is 0 Å². The third-order valence-electron chi connectivity index (χ3n) is 5.22. The molecule has 0 aliphatic carbocycles. The molecule has 0 saturated carbocycles. The Hall–Kier alpha value is -0.610. The van der Waals surface area contributed by atoms with Gasteiger partial charge in [0, 0.05) is 18.1 Å². The third-order valence-corrected chi connectivity index (χ3v) is 5.22. The minimum absolute atomic E-state index is 0.287. The highest BCUT2D eigenvalue weighted by Gasteiger charge is 2.31. The Bertz CT molecular complexity index is 314. The molecule has 2 aliphatic heterocycles. The Morgan fingerprint density at radius 1 is 1.15 bits per heavy atom. The van der Waals surface area contributed by atoms with Crippen molar-refractivity contribution in [2.75, 3.05) is 19.6 Å². The van der Waals surface area contributed by atoms with Gasteiger partial charge in [0.15, 0.2) is 0 Å². The van der Waals surface area contributed by atoms with Gasteiger partial charge in [-0.15, -0.1) is 0 Å². The first-order valence-electron chi connectivity index (χ1n) is 8.28. The molecule has 0 aromatic heterocycles. The van der Waals surface area contributed by atoms with Crippen LogP contribution >= 0.6 is 0 Å². The quantitative estimate of drug-likeness (QED) is 0.858. The summed E-state index contributed by atoms with van der Waals surface area (Å²) in [6.07, 6.45) is 5.84. The average molecular weight is 281 g/mol. The predicted octanol–water partition coefficient (Wildman–Crippen LogP) is 1.84. The summed E-state index contributed by atoms with van der Waals surface area (Å²) >= 11 is 0. The van der Waals surface area contributed by atoms with Crippen molar-refractivity contribution in [2.24, 2.45) is 11.7 Å². The number of hydrogen-bond donors (Lipinski definition) is 1. The van der Waals surface area contributed by atoms with E-state index in [0.717, 1.165) is 38.8 Å². The van der Waals surface area contributed by atoms with E-state index in [9.17, 15) is 4.79 Å². The van der Waals surface area contributed by atoms with Gasteiger partial charge in [-0.05, 0) is 71.9 Å². The van der Waals surface area contributed by atoms with E-state index in [2.05, 4.69) is 30.6 Å². The van der Waals surface area contributed by atoms with E-state index in [4.69, 9.17) is 5.73 Å². The summed E-state index contributed by atoms with van der Waals surface area (Å²) in [5.74, 6) is 0.957. The van der Waals surface area contributed by atoms with Gasteiger partial charge in [-0.25, -0.2) is 0 Å². The van der Waals surface area contributed by atoms with Crippen LogP contribution in [-0.2, 0) is 4.79 Å². The Morgan fingerprint density at radius 3 is 2.20 bits per heavy atom. The molecule has 2 fully saturated rings. The summed E-state index contributed by atoms with van der Waals surface area (Å²) in [5.41, 5.74) is 5.97. The van der Waals surface area contributed by atoms with E-state index in [1.54, 1.807) is 0 Å². The molecule has 4 nitrogen and oxygen atoms in total. The normalized spacial score (nSPS) is 31.3. The van der Waals surface area contributed by atoms with Gasteiger partial charge in [0.25, 0.3) is 0 Å². The lowest BCUT2D eigenvalue weighted by molar-refractivity contribution is -0.138. The molecular weight excluding hydrogens is 250 g/mol. The monoisotopic (exact) mass is 281 g/mol. The fourth-order valence-electron chi connectivity index (χ4n) is 3.82. The highest BCUT2D eigenvalue weighted by Crippen LogP contribution is 2.24. The second-order valence-electron chi connectivity index (χ2n) is 6.90. The van der Waals surface area contributed by atoms with Crippen LogP contribution in [-0.4, -0.2) is 53.5 Å². The first-order chi connectivity index (χ1) is 9.49. The summed E-state index contributed by atoms with van der Waals surface area (Å²) < 4.78 is 0. The molecule has 4 heteroatoms. The average Bonchev–Trinajstić information content (AvgIpc) is 2.39. The van der Waals surface area contributed by atoms with Gasteiger partial charge in [-0.1, -0.05) is 0 Å². The molecule has 2 heterocycles. The maximum absolute atomic E-state index is 12.6. The van der Waals surface area contributed by atoms with E-state index in [1.165, 1.54) is 6.42 Å². The highest BCUT2D eigenvalue weighted by atomic mass is 16.2. The number of carbonyl (C=O) groups is 1. The molecule has 0 spiro atoms. The third kappa shape index (κ3) is 3.73. The molecule has 116 valence electrons. The second kappa shape index (κ2) is 6.90. The van der Waals surface area contributed by atoms with Crippen LogP contribution in [0.4, 0.5) is 0 Å². The second-order valence-corrected chi connectivity index (χ2v) is 6.90. The molecule has 2 N–H and O–H groups in total. The van der Waals surface area contributed by atoms with Crippen molar-refractivity contribution in [3.8, 4) is 0 Å². The van der Waals surface area contributed by atoms with Gasteiger partial charge in [0.05, 0.1) is 6.54 Å². The van der Waals surface area contributed by atoms with Crippen LogP contribution in [0.3, 0.4) is 0 Å². The maximum atomic E-state index is 12.6. The standard InChI is InChI=1S/C16H31N3O/c1-12-5-4-6-13(2)19(12)16(20)11-18-9-7-15(8-10-18)14(3)17/h12-15H,4-11,17H2,1-3H3. The topological polar surface area (TPSA) is 49.6 Å². The zero-order valence-electron chi connectivity index (χ0n) is 13.3. The minimum Gasteiger partial charge on any atom is -0.336 e. The van der Waals surface area contributed by atoms with E-state index in [1.807, 2.05) is 0 Å². The van der Waals surface area contributed by atoms with Crippen LogP contribution in [0.25, 0.3) is 0 Å². The molecule has 20 heavy (non-hydrogen) atoms. The van der Waals surface area contributed by atoms with Crippen LogP contribution < -0.4 is 5.73 Å². The van der Waals surface area contributed by atoms with Gasteiger partial charge in [0.1, 0.15) is 0 Å². The van der Waals surface area contributed by atoms with Crippen molar-refractivity contribution in [1.82, 2.24) is 9.80 Å². The molecule has 2 rings (SSSR count). The van der Waals surface area contributed by atoms with E-state index < -0.39 is 0 Å². The first-order valence-corrected chi connectivity index (χ1v) is 8.28. The van der Waals surface area contributed by atoms with Crippen LogP contribution in [0.1, 0.15) is 52.9 Å². The Balaban J connectivity index is 1.83. The Labute approximate surface area is 123 Å². The van der Waals surface area contributed by atoms with Crippen LogP contribution in [0.5, 0.6) is 0 Å². The van der Waals surface area contributed by atoms with E-state index >= 15 is 0 Å². The van der Waals surface area contributed by atoms with Crippen LogP contribution in [0, 0.1) is 5.92 Å². The van der Waals surface area contributed by atoms with Gasteiger partial charge in [0.2, 0.25) is 5.91 Å². The van der Waals surface area contributed by atoms with Gasteiger partial charge < -0.3 is 10.6 Å². The Morgan fingerprint density at radius 2 is 1.70 bits per heavy atom. The van der Waals surface area contributed by atoms with Crippen molar-refractivity contribution >= 4 is 5.91 Å². The fraction of sp³-hybridized carbons (Fsp3) is 0.938. The molecule has 0 aromatic rings. The fourth-order valence-corrected chi connectivity index (χ4v) is 3.82. The lowest BCUT2D eigenvalue weighted by atomic mass is 9.91. The largest absolute Gasteiger partial charge is 0.336 e. The number of hydrogen-bond acceptors (Lipinski definition) is 3. The van der Waals surface area contributed by atoms with Crippen molar-refractivity contribution in [1.29, 1.82) is 0 Å². The van der Waals surface area contributed by atoms with Crippen molar-refractivity contribution < 1.29 is 4.79 Å². The summed E-state index contributed by atoms with van der Waals surface area (Å²) in [6.45, 7) is 9.12. The number of amides is 1. The van der Waals surface area contributed by atoms with Crippen molar-refractivity contribution in [2.45, 2.75) is 71.0 Å². The van der Waals surface area contributed by atoms with Gasteiger partial charge in [-0.2, -0.15) is 0 Å². The predicted molar refractivity (Wildman–Crippen MR) is 82.4 cm³/mol. The molecule has 2 aliphatic rings. The number of nitrogens with zero attached hydrogens (tertiary/aromatic N) is 2. The number of nitrogens with two attached hydrogens (primary N) is 1. The van der Waals surface area contributed by atoms with E-state index in [0.29, 0.717) is 30.5 Å². The molecule has 0 radical (unpaired) electrons. The number of carbonyl (C=O) groups excluding carboxylic acids is 1. The van der Waals surface area contributed by atoms with Gasteiger partial charge in [-0.3, -0.25) is 9.69 Å². The molecule has 3 atom stereocenters. The smallest absolute Gasteiger partial charge is 0.237 e. The number of rotatable bonds is 3. The highest BCUT2D eigenvalue weighted by molar-refractivity contribution is 5.79. The Kier molecular flexibility index (Phi) is 5.44. The zero-order chi connectivity index (χ0) is 14.7. The molecule has 0 aromatic carbocycles. The molecular formula is C16H31N3O. The molecule has 0 bridgehead atoms.